The molecule has 3 aromatic rings. The van der Waals surface area contributed by atoms with Gasteiger partial charge in [-0.2, -0.15) is 0 Å². The van der Waals surface area contributed by atoms with Crippen molar-refractivity contribution in [1.29, 1.82) is 5.41 Å². The number of nitrogens with one attached hydrogen (secondary N) is 1. The molecule has 0 atom stereocenters. The summed E-state index contributed by atoms with van der Waals surface area (Å²) in [6, 6.07) is 2.43. The molecule has 327 valence electrons. The summed E-state index contributed by atoms with van der Waals surface area (Å²) >= 11 is -3.18. The minimum atomic E-state index is -2.96. The molecule has 1 heterocycles. The van der Waals surface area contributed by atoms with E-state index in [1.807, 2.05) is 0 Å². The monoisotopic (exact) mass is 1170 g/mol. The van der Waals surface area contributed by atoms with Crippen LogP contribution in [0.25, 0.3) is 27.7 Å². The van der Waals surface area contributed by atoms with E-state index in [0.717, 1.165) is 160 Å². The summed E-state index contributed by atoms with van der Waals surface area (Å²) in [5, 5.41) is 9.72. The zero-order chi connectivity index (χ0) is 43.6. The Morgan fingerprint density at radius 1 is 0.633 bits per heavy atom. The summed E-state index contributed by atoms with van der Waals surface area (Å²) in [6.45, 7) is 8.97. The molecule has 60 heavy (non-hydrogen) atoms. The van der Waals surface area contributed by atoms with Crippen LogP contribution >= 0.6 is 0 Å². The molecule has 1 aromatic heterocycles. The predicted octanol–water partition coefficient (Wildman–Crippen LogP) is 14.0. The summed E-state index contributed by atoms with van der Waals surface area (Å²) < 4.78 is 56.2. The third kappa shape index (κ3) is 8.86. The standard InChI is InChI=1S/C44H55F2N4Se2.6CH3.2Sn/c1-5-9-13-17-25-43(26-18-14-10-6-2)29-21-23-31(47)41(48-51)33(29)35-37(43)40(46)36-34-30(22-24-32-42(34)50-52-49-32)44(38(36)39(35)45,27-19-15-11-7-3)28-20-16-12-8-4;;;;;;;;/h21-22,47H,5-20,25-28H2,1-4H3;6*1H3;;/b47-31?,48-41+;;;;;;;;. The molecule has 6 rings (SSSR count). The van der Waals surface area contributed by atoms with E-state index in [2.05, 4.69) is 85.7 Å². The number of unbranched alkanes of at least 4 members (excludes halogenated alkanes) is 12. The Bertz CT molecular complexity index is 2150. The van der Waals surface area contributed by atoms with Gasteiger partial charge in [0.2, 0.25) is 0 Å². The summed E-state index contributed by atoms with van der Waals surface area (Å²) in [4.78, 5) is 14.4. The molecule has 3 aliphatic carbocycles. The number of rotatable bonds is 22. The van der Waals surface area contributed by atoms with Gasteiger partial charge in [-0.05, 0) is 0 Å². The molecule has 0 unspecified atom stereocenters. The Balaban J connectivity index is 1.79. The SMILES string of the molecule is CCCCCCC1(CCCCCC)C2=C(/C(=N/[Se])C(=N)[C]([Sn]([CH3])([CH3])[CH3])=C2)c2c(F)c3c(c(F)c21)-c1c(c[c]([Sn]([CH3])([CH3])[CH3])c2n[se]nc12)C3(CCCCCC)CCCCCC. The van der Waals surface area contributed by atoms with Gasteiger partial charge in [-0.1, -0.05) is 0 Å². The summed E-state index contributed by atoms with van der Waals surface area (Å²) in [5.41, 5.74) is 7.15. The molecule has 0 amide bonds. The van der Waals surface area contributed by atoms with Crippen LogP contribution < -0.4 is 3.58 Å². The number of allylic oxidation sites excluding steroid dienone is 4. The average Bonchev–Trinajstić information content (AvgIpc) is 3.87. The van der Waals surface area contributed by atoms with Crippen molar-refractivity contribution < 1.29 is 8.78 Å². The maximum absolute atomic E-state index is 19.4. The van der Waals surface area contributed by atoms with Gasteiger partial charge in [0.05, 0.1) is 0 Å². The molecule has 0 aliphatic heterocycles. The first-order chi connectivity index (χ1) is 28.6. The van der Waals surface area contributed by atoms with E-state index in [1.54, 1.807) is 0 Å². The van der Waals surface area contributed by atoms with Crippen molar-refractivity contribution in [1.82, 2.24) is 7.96 Å². The molecule has 10 heteroatoms. The third-order valence-electron chi connectivity index (χ3n) is 14.2. The molecule has 0 saturated heterocycles. The van der Waals surface area contributed by atoms with Crippen LogP contribution in [0.3, 0.4) is 0 Å². The fourth-order valence-electron chi connectivity index (χ4n) is 11.2. The molecule has 1 radical (unpaired) electrons. The number of benzene rings is 2. The number of nitrogens with zero attached hydrogens (tertiary/aromatic N) is 3. The van der Waals surface area contributed by atoms with Gasteiger partial charge in [0.1, 0.15) is 0 Å². The van der Waals surface area contributed by atoms with Gasteiger partial charge >= 0.3 is 389 Å². The van der Waals surface area contributed by atoms with E-state index in [0.29, 0.717) is 39.3 Å². The normalized spacial score (nSPS) is 17.4. The predicted molar refractivity (Wildman–Crippen MR) is 262 cm³/mol. The fourth-order valence-corrected chi connectivity index (χ4v) is 21.5. The number of hydrogen-bond donors (Lipinski definition) is 1. The summed E-state index contributed by atoms with van der Waals surface area (Å²) in [7, 11) is 0. The van der Waals surface area contributed by atoms with E-state index in [1.165, 1.54) is 3.58 Å². The van der Waals surface area contributed by atoms with Crippen LogP contribution in [-0.4, -0.2) is 87.3 Å². The van der Waals surface area contributed by atoms with Crippen LogP contribution in [0, 0.1) is 17.0 Å². The summed E-state index contributed by atoms with van der Waals surface area (Å²) in [6.07, 6.45) is 22.5. The second-order valence-electron chi connectivity index (χ2n) is 20.5. The first-order valence-corrected chi connectivity index (χ1v) is 46.0. The van der Waals surface area contributed by atoms with E-state index in [9.17, 15) is 5.41 Å². The zero-order valence-electron chi connectivity index (χ0n) is 38.7. The molecule has 3 aliphatic rings. The first kappa shape index (κ1) is 48.8. The van der Waals surface area contributed by atoms with Gasteiger partial charge in [0.15, 0.2) is 0 Å². The molecule has 0 bridgehead atoms. The van der Waals surface area contributed by atoms with E-state index in [4.69, 9.17) is 12.0 Å². The number of fused-ring (bicyclic) bond motifs is 7. The average molecular weight is 1160 g/mol. The van der Waals surface area contributed by atoms with E-state index in [-0.39, 0.29) is 26.6 Å². The van der Waals surface area contributed by atoms with Crippen LogP contribution in [0.15, 0.2) is 25.3 Å². The van der Waals surface area contributed by atoms with Crippen LogP contribution in [0.1, 0.15) is 178 Å². The van der Waals surface area contributed by atoms with Crippen LogP contribution in [0.5, 0.6) is 0 Å². The van der Waals surface area contributed by atoms with E-state index >= 15 is 8.78 Å². The van der Waals surface area contributed by atoms with Crippen LogP contribution in [0.4, 0.5) is 8.78 Å². The van der Waals surface area contributed by atoms with Gasteiger partial charge in [0.25, 0.3) is 0 Å². The minimum absolute atomic E-state index is 0.226. The third-order valence-corrected chi connectivity index (χ3v) is 27.2. The Hall–Kier alpha value is -0.644. The van der Waals surface area contributed by atoms with E-state index < -0.39 is 47.6 Å². The zero-order valence-corrected chi connectivity index (χ0v) is 47.8. The number of aromatic nitrogens is 2. The van der Waals surface area contributed by atoms with Crippen molar-refractivity contribution in [3.63, 3.8) is 0 Å². The number of halogens is 2. The van der Waals surface area contributed by atoms with Crippen LogP contribution in [-0.2, 0) is 10.8 Å². The molecule has 0 saturated carbocycles. The van der Waals surface area contributed by atoms with Crippen molar-refractivity contribution in [3.8, 4) is 11.1 Å². The fraction of sp³-hybridized carbons (Fsp3) is 0.640. The van der Waals surface area contributed by atoms with Crippen molar-refractivity contribution in [3.05, 3.63) is 55.2 Å². The molecular weight excluding hydrogens is 1090 g/mol. The molecule has 1 N–H and O–H groups in total. The Morgan fingerprint density at radius 2 is 1.10 bits per heavy atom. The number of hydrogen-bond acceptors (Lipinski definition) is 4. The van der Waals surface area contributed by atoms with Gasteiger partial charge in [0, 0.05) is 0 Å². The Kier molecular flexibility index (Phi) is 16.5. The van der Waals surface area contributed by atoms with Crippen molar-refractivity contribution in [2.45, 2.75) is 197 Å². The Morgan fingerprint density at radius 3 is 1.57 bits per heavy atom. The quantitative estimate of drug-likeness (QED) is 0.0619. The van der Waals surface area contributed by atoms with Crippen molar-refractivity contribution in [2.75, 3.05) is 0 Å². The molecule has 4 nitrogen and oxygen atoms in total. The molecule has 0 spiro atoms. The molecular formula is C50H73F2N4Se2Sn2. The molecule has 2 aromatic carbocycles. The first-order valence-electron chi connectivity index (χ1n) is 23.7. The topological polar surface area (TPSA) is 62.0 Å². The van der Waals surface area contributed by atoms with Crippen LogP contribution in [0.2, 0.25) is 29.6 Å². The second-order valence-corrected chi connectivity index (χ2v) is 50.8. The molecule has 0 fully saturated rings. The Labute approximate surface area is 385 Å². The van der Waals surface area contributed by atoms with Crippen molar-refractivity contribution in [2.24, 2.45) is 4.01 Å². The van der Waals surface area contributed by atoms with Gasteiger partial charge in [-0.3, -0.25) is 0 Å². The van der Waals surface area contributed by atoms with Gasteiger partial charge < -0.3 is 0 Å². The summed E-state index contributed by atoms with van der Waals surface area (Å²) in [5.74, 6) is -0.476. The second kappa shape index (κ2) is 20.3. The van der Waals surface area contributed by atoms with Gasteiger partial charge in [-0.25, -0.2) is 0 Å². The van der Waals surface area contributed by atoms with Crippen molar-refractivity contribution >= 4 is 99.6 Å². The maximum atomic E-state index is 19.4. The van der Waals surface area contributed by atoms with Gasteiger partial charge in [-0.15, -0.1) is 0 Å².